The summed E-state index contributed by atoms with van der Waals surface area (Å²) in [7, 11) is 0. The van der Waals surface area contributed by atoms with E-state index in [2.05, 4.69) is 231 Å². The van der Waals surface area contributed by atoms with E-state index in [0.717, 1.165) is 138 Å². The molecule has 0 spiro atoms. The van der Waals surface area contributed by atoms with Gasteiger partial charge in [-0.2, -0.15) is 5.26 Å². The normalized spacial score (nSPS) is 11.2. The minimum atomic E-state index is 0.418. The Labute approximate surface area is 566 Å². The van der Waals surface area contributed by atoms with Gasteiger partial charge in [0.1, 0.15) is 0 Å². The highest BCUT2D eigenvalue weighted by Gasteiger charge is 2.24. The molecule has 17 rings (SSSR count). The number of benzene rings is 14. The minimum absolute atomic E-state index is 0.418. The summed E-state index contributed by atoms with van der Waals surface area (Å²) in [5.74, 6) is 1.28. The smallest absolute Gasteiger partial charge is 0.194 e. The van der Waals surface area contributed by atoms with Crippen LogP contribution in [-0.4, -0.2) is 24.1 Å². The van der Waals surface area contributed by atoms with Crippen LogP contribution in [-0.2, 0) is 0 Å². The van der Waals surface area contributed by atoms with E-state index in [1.165, 1.54) is 0 Å². The molecule has 0 atom stereocenters. The lowest BCUT2D eigenvalue weighted by Crippen LogP contribution is -2.03. The zero-order valence-corrected chi connectivity index (χ0v) is 52.8. The molecule has 0 bridgehead atoms. The van der Waals surface area contributed by atoms with Gasteiger partial charge < -0.3 is 9.13 Å². The number of hydrogen-bond donors (Lipinski definition) is 0. The van der Waals surface area contributed by atoms with Gasteiger partial charge in [-0.15, -0.1) is 0 Å². The Morgan fingerprint density at radius 2 is 0.602 bits per heavy atom. The molecule has 3 heterocycles. The van der Waals surface area contributed by atoms with Gasteiger partial charge in [0.25, 0.3) is 0 Å². The van der Waals surface area contributed by atoms with Crippen LogP contribution >= 0.6 is 0 Å². The van der Waals surface area contributed by atoms with Crippen LogP contribution in [0.2, 0.25) is 0 Å². The summed E-state index contributed by atoms with van der Waals surface area (Å²) in [6, 6.07) is 115. The van der Waals surface area contributed by atoms with Gasteiger partial charge in [-0.05, 0) is 164 Å². The fourth-order valence-electron chi connectivity index (χ4n) is 13.9. The van der Waals surface area contributed by atoms with Gasteiger partial charge in [0.15, 0.2) is 28.8 Å². The number of fused-ring (bicyclic) bond motifs is 6. The molecule has 0 fully saturated rings. The summed E-state index contributed by atoms with van der Waals surface area (Å²) in [6.07, 6.45) is 0. The molecule has 454 valence electrons. The first kappa shape index (κ1) is 58.0. The first-order chi connectivity index (χ1) is 48.4. The van der Waals surface area contributed by atoms with E-state index in [9.17, 15) is 5.26 Å². The van der Waals surface area contributed by atoms with Crippen LogP contribution in [0, 0.1) is 24.5 Å². The topological polar surface area (TPSA) is 81.0 Å². The Kier molecular flexibility index (Phi) is 14.5. The zero-order valence-electron chi connectivity index (χ0n) is 52.8. The van der Waals surface area contributed by atoms with Crippen LogP contribution in [0.3, 0.4) is 0 Å². The largest absolute Gasteiger partial charge is 0.309 e. The average Bonchev–Trinajstić information content (AvgIpc) is 1.57. The first-order valence-electron chi connectivity index (χ1n) is 32.4. The standard InChI is InChI=1S/C90H54N8/c1-92-72-30-19-29-64(50-72)62-34-36-63(37-35-62)88-94-89(69-42-48-82(75(55-69)73-31-16-15-28-71(73)57-91)97-84-44-38-65(58-20-7-3-8-21-58)51-77(84)78-52-66(39-45-85(78)97)59-22-9-4-10-23-59)96-90(95-88)70-43-49-83(76(56-70)74-32-17-18-33-81(74)93-2)98-86-46-40-67(60-24-11-5-12-25-60)53-79(86)80-54-68(41-47-87(80)98)61-26-13-6-14-27-61/h3-56H. The molecule has 8 heteroatoms. The molecule has 0 N–H and O–H groups in total. The molecule has 0 saturated heterocycles. The average molecular weight is 1250 g/mol. The first-order valence-corrected chi connectivity index (χ1v) is 32.4. The summed E-state index contributed by atoms with van der Waals surface area (Å²) >= 11 is 0. The van der Waals surface area contributed by atoms with Crippen molar-refractivity contribution in [2.24, 2.45) is 0 Å². The summed E-state index contributed by atoms with van der Waals surface area (Å²) in [4.78, 5) is 24.1. The number of nitrogens with zero attached hydrogens (tertiary/aromatic N) is 8. The van der Waals surface area contributed by atoms with Crippen LogP contribution in [0.15, 0.2) is 328 Å². The summed E-state index contributed by atoms with van der Waals surface area (Å²) < 4.78 is 4.66. The van der Waals surface area contributed by atoms with E-state index in [1.54, 1.807) is 0 Å². The highest BCUT2D eigenvalue weighted by Crippen LogP contribution is 2.45. The molecule has 8 nitrogen and oxygen atoms in total. The van der Waals surface area contributed by atoms with Gasteiger partial charge in [-0.25, -0.2) is 24.6 Å². The molecule has 17 aromatic rings. The van der Waals surface area contributed by atoms with Gasteiger partial charge in [0, 0.05) is 49.4 Å². The number of hydrogen-bond acceptors (Lipinski definition) is 4. The fourth-order valence-corrected chi connectivity index (χ4v) is 13.9. The second-order valence-corrected chi connectivity index (χ2v) is 24.4. The molecule has 14 aromatic carbocycles. The van der Waals surface area contributed by atoms with Crippen molar-refractivity contribution in [3.63, 3.8) is 0 Å². The second kappa shape index (κ2) is 24.6. The number of aromatic nitrogens is 5. The Bertz CT molecular complexity index is 5610. The molecule has 3 aromatic heterocycles. The maximum atomic E-state index is 11.0. The number of nitriles is 1. The van der Waals surface area contributed by atoms with Crippen LogP contribution in [0.1, 0.15) is 5.56 Å². The molecule has 0 aliphatic carbocycles. The summed E-state index contributed by atoms with van der Waals surface area (Å²) in [6.45, 7) is 16.3. The zero-order chi connectivity index (χ0) is 65.6. The summed E-state index contributed by atoms with van der Waals surface area (Å²) in [5.41, 5.74) is 23.5. The van der Waals surface area contributed by atoms with Gasteiger partial charge in [0.2, 0.25) is 0 Å². The van der Waals surface area contributed by atoms with Gasteiger partial charge in [0.05, 0.1) is 58.2 Å². The van der Waals surface area contributed by atoms with Crippen molar-refractivity contribution >= 4 is 55.0 Å². The minimum Gasteiger partial charge on any atom is -0.309 e. The Morgan fingerprint density at radius 1 is 0.265 bits per heavy atom. The third-order valence-electron chi connectivity index (χ3n) is 18.7. The third kappa shape index (κ3) is 10.4. The Morgan fingerprint density at radius 3 is 1.03 bits per heavy atom. The molecule has 98 heavy (non-hydrogen) atoms. The monoisotopic (exact) mass is 1250 g/mol. The Balaban J connectivity index is 0.886. The van der Waals surface area contributed by atoms with Crippen molar-refractivity contribution in [1.29, 1.82) is 5.26 Å². The molecule has 0 radical (unpaired) electrons. The highest BCUT2D eigenvalue weighted by atomic mass is 15.0. The lowest BCUT2D eigenvalue weighted by atomic mass is 9.96. The predicted octanol–water partition coefficient (Wildman–Crippen LogP) is 23.7. The maximum Gasteiger partial charge on any atom is 0.194 e. The molecule has 0 unspecified atom stereocenters. The van der Waals surface area contributed by atoms with E-state index in [0.29, 0.717) is 45.5 Å². The number of para-hydroxylation sites is 1. The Hall–Kier alpha value is -13.8. The van der Waals surface area contributed by atoms with Gasteiger partial charge >= 0.3 is 0 Å². The van der Waals surface area contributed by atoms with Crippen molar-refractivity contribution in [2.75, 3.05) is 0 Å². The van der Waals surface area contributed by atoms with Crippen molar-refractivity contribution in [3.05, 3.63) is 356 Å². The highest BCUT2D eigenvalue weighted by molar-refractivity contribution is 6.14. The van der Waals surface area contributed by atoms with E-state index in [1.807, 2.05) is 121 Å². The molecule has 0 aliphatic heterocycles. The molecule has 0 aliphatic rings. The third-order valence-corrected chi connectivity index (χ3v) is 18.7. The quantitative estimate of drug-likeness (QED) is 0.114. The van der Waals surface area contributed by atoms with Crippen LogP contribution < -0.4 is 0 Å². The van der Waals surface area contributed by atoms with E-state index in [4.69, 9.17) is 28.1 Å². The predicted molar refractivity (Wildman–Crippen MR) is 400 cm³/mol. The van der Waals surface area contributed by atoms with Crippen LogP contribution in [0.4, 0.5) is 11.4 Å². The van der Waals surface area contributed by atoms with Crippen molar-refractivity contribution in [3.8, 4) is 129 Å². The van der Waals surface area contributed by atoms with Gasteiger partial charge in [-0.3, -0.25) is 0 Å². The maximum absolute atomic E-state index is 11.0. The molecular weight excluding hydrogens is 1190 g/mol. The van der Waals surface area contributed by atoms with Crippen molar-refractivity contribution < 1.29 is 0 Å². The van der Waals surface area contributed by atoms with Crippen molar-refractivity contribution in [2.45, 2.75) is 0 Å². The molecule has 0 amide bonds. The van der Waals surface area contributed by atoms with E-state index < -0.39 is 0 Å². The van der Waals surface area contributed by atoms with Gasteiger partial charge in [-0.1, -0.05) is 231 Å². The molecule has 0 saturated carbocycles. The molecular formula is C90H54N8. The van der Waals surface area contributed by atoms with Crippen LogP contribution in [0.25, 0.3) is 177 Å². The van der Waals surface area contributed by atoms with E-state index in [-0.39, 0.29) is 0 Å². The lowest BCUT2D eigenvalue weighted by Gasteiger charge is -2.18. The van der Waals surface area contributed by atoms with E-state index >= 15 is 0 Å². The fraction of sp³-hybridized carbons (Fsp3) is 0. The van der Waals surface area contributed by atoms with Crippen molar-refractivity contribution in [1.82, 2.24) is 24.1 Å². The van der Waals surface area contributed by atoms with Crippen LogP contribution in [0.5, 0.6) is 0 Å². The number of rotatable bonds is 12. The summed E-state index contributed by atoms with van der Waals surface area (Å²) in [5, 5.41) is 15.3. The SMILES string of the molecule is [C-]#[N+]c1cccc(-c2ccc(-c3nc(-c4ccc(-n5c6ccc(-c7ccccc7)cc6c6cc(-c7ccccc7)ccc65)c(-c5ccccc5C#N)c4)nc(-c4ccc(-n5c6ccc(-c7ccccc7)cc6c6cc(-c7ccccc7)ccc65)c(-c5ccccc5[N+]#[C-])c4)n3)cc2)c1. The lowest BCUT2D eigenvalue weighted by molar-refractivity contribution is 1.07. The second-order valence-electron chi connectivity index (χ2n) is 24.4.